The quantitative estimate of drug-likeness (QED) is 0.936. The third-order valence-corrected chi connectivity index (χ3v) is 3.13. The molecule has 0 saturated carbocycles. The Labute approximate surface area is 121 Å². The molecule has 0 bridgehead atoms. The maximum absolute atomic E-state index is 10.7. The topological polar surface area (TPSA) is 72.3 Å². The van der Waals surface area contributed by atoms with Gasteiger partial charge in [0, 0.05) is 16.9 Å². The predicted molar refractivity (Wildman–Crippen MR) is 76.5 cm³/mol. The van der Waals surface area contributed by atoms with E-state index in [1.807, 2.05) is 20.8 Å². The van der Waals surface area contributed by atoms with Crippen molar-refractivity contribution in [1.29, 1.82) is 0 Å². The van der Waals surface area contributed by atoms with E-state index in [9.17, 15) is 4.79 Å². The van der Waals surface area contributed by atoms with E-state index in [1.165, 1.54) is 11.5 Å². The van der Waals surface area contributed by atoms with Crippen LogP contribution in [0.1, 0.15) is 32.2 Å². The molecule has 0 aliphatic carbocycles. The molecule has 0 unspecified atom stereocenters. The van der Waals surface area contributed by atoms with Crippen LogP contribution >= 0.6 is 11.5 Å². The zero-order chi connectivity index (χ0) is 14.8. The number of ether oxygens (including phenoxy) is 1. The van der Waals surface area contributed by atoms with Crippen LogP contribution in [0.2, 0.25) is 0 Å². The minimum absolute atomic E-state index is 0.0272. The first-order valence-electron chi connectivity index (χ1n) is 6.17. The number of carboxylic acid groups (broad SMARTS) is 1. The van der Waals surface area contributed by atoms with E-state index < -0.39 is 5.97 Å². The van der Waals surface area contributed by atoms with Crippen LogP contribution < -0.4 is 4.74 Å². The van der Waals surface area contributed by atoms with E-state index in [2.05, 4.69) is 9.36 Å². The van der Waals surface area contributed by atoms with Crippen LogP contribution in [-0.2, 0) is 16.6 Å². The summed E-state index contributed by atoms with van der Waals surface area (Å²) < 4.78 is 9.89. The highest BCUT2D eigenvalue weighted by atomic mass is 32.1. The molecule has 1 N–H and O–H groups in total. The summed E-state index contributed by atoms with van der Waals surface area (Å²) in [6, 6.07) is 6.98. The summed E-state index contributed by atoms with van der Waals surface area (Å²) in [6.45, 7) is 6.10. The number of hydrogen-bond donors (Lipinski definition) is 1. The smallest absolute Gasteiger partial charge is 0.307 e. The van der Waals surface area contributed by atoms with Crippen LogP contribution in [0.4, 0.5) is 0 Å². The average molecular weight is 292 g/mol. The third-order valence-electron chi connectivity index (χ3n) is 2.54. The summed E-state index contributed by atoms with van der Waals surface area (Å²) in [7, 11) is 0. The third kappa shape index (κ3) is 3.77. The maximum Gasteiger partial charge on any atom is 0.307 e. The summed E-state index contributed by atoms with van der Waals surface area (Å²) in [6.07, 6.45) is -0.0272. The first-order chi connectivity index (χ1) is 9.34. The van der Waals surface area contributed by atoms with Gasteiger partial charge in [-0.05, 0) is 17.7 Å². The van der Waals surface area contributed by atoms with E-state index in [0.29, 0.717) is 16.5 Å². The first-order valence-corrected chi connectivity index (χ1v) is 6.95. The first kappa shape index (κ1) is 14.5. The second-order valence-electron chi connectivity index (χ2n) is 5.45. The van der Waals surface area contributed by atoms with Crippen LogP contribution in [-0.4, -0.2) is 20.4 Å². The van der Waals surface area contributed by atoms with E-state index in [0.717, 1.165) is 5.82 Å². The molecule has 0 fully saturated rings. The highest BCUT2D eigenvalue weighted by Gasteiger charge is 2.20. The lowest BCUT2D eigenvalue weighted by Gasteiger charge is -2.12. The van der Waals surface area contributed by atoms with Crippen LogP contribution in [0, 0.1) is 0 Å². The molecule has 0 spiro atoms. The Morgan fingerprint density at radius 3 is 2.75 bits per heavy atom. The zero-order valence-corrected chi connectivity index (χ0v) is 12.4. The second-order valence-corrected chi connectivity index (χ2v) is 6.17. The predicted octanol–water partition coefficient (Wildman–Crippen LogP) is 3.26. The minimum atomic E-state index is -0.868. The summed E-state index contributed by atoms with van der Waals surface area (Å²) in [4.78, 5) is 15.0. The molecule has 1 heterocycles. The Balaban J connectivity index is 2.14. The van der Waals surface area contributed by atoms with Gasteiger partial charge in [-0.15, -0.1) is 0 Å². The summed E-state index contributed by atoms with van der Waals surface area (Å²) in [5, 5.41) is 9.24. The van der Waals surface area contributed by atoms with Gasteiger partial charge in [0.1, 0.15) is 5.75 Å². The van der Waals surface area contributed by atoms with Crippen molar-refractivity contribution in [2.24, 2.45) is 0 Å². The minimum Gasteiger partial charge on any atom is -0.481 e. The van der Waals surface area contributed by atoms with Crippen molar-refractivity contribution in [2.45, 2.75) is 32.6 Å². The van der Waals surface area contributed by atoms with Gasteiger partial charge in [0.15, 0.2) is 5.82 Å². The molecular weight excluding hydrogens is 276 g/mol. The molecule has 6 heteroatoms. The van der Waals surface area contributed by atoms with Gasteiger partial charge in [0.05, 0.1) is 6.42 Å². The van der Waals surface area contributed by atoms with Crippen LogP contribution in [0.15, 0.2) is 24.3 Å². The normalized spacial score (nSPS) is 11.3. The van der Waals surface area contributed by atoms with Crippen molar-refractivity contribution < 1.29 is 14.6 Å². The Kier molecular flexibility index (Phi) is 4.04. The molecule has 0 saturated heterocycles. The summed E-state index contributed by atoms with van der Waals surface area (Å²) in [5.41, 5.74) is 0.569. The molecule has 0 aliphatic rings. The van der Waals surface area contributed by atoms with Gasteiger partial charge in [-0.25, -0.2) is 0 Å². The SMILES string of the molecule is CC(C)(C)c1nsc(Oc2cccc(CC(=O)O)c2)n1. The number of nitrogens with zero attached hydrogens (tertiary/aromatic N) is 2. The molecule has 0 amide bonds. The lowest BCUT2D eigenvalue weighted by Crippen LogP contribution is -2.12. The lowest BCUT2D eigenvalue weighted by molar-refractivity contribution is -0.136. The molecule has 0 atom stereocenters. The van der Waals surface area contributed by atoms with Gasteiger partial charge in [-0.2, -0.15) is 9.36 Å². The van der Waals surface area contributed by atoms with Crippen molar-refractivity contribution in [3.05, 3.63) is 35.7 Å². The van der Waals surface area contributed by atoms with E-state index in [-0.39, 0.29) is 11.8 Å². The van der Waals surface area contributed by atoms with Gasteiger partial charge in [-0.3, -0.25) is 4.79 Å². The van der Waals surface area contributed by atoms with Crippen molar-refractivity contribution >= 4 is 17.5 Å². The largest absolute Gasteiger partial charge is 0.481 e. The second kappa shape index (κ2) is 5.58. The molecule has 5 nitrogen and oxygen atoms in total. The molecule has 0 radical (unpaired) electrons. The number of carbonyl (C=O) groups is 1. The Hall–Kier alpha value is -1.95. The number of rotatable bonds is 4. The van der Waals surface area contributed by atoms with E-state index >= 15 is 0 Å². The van der Waals surface area contributed by atoms with Gasteiger partial charge in [-0.1, -0.05) is 32.9 Å². The highest BCUT2D eigenvalue weighted by molar-refractivity contribution is 7.07. The molecule has 20 heavy (non-hydrogen) atoms. The van der Waals surface area contributed by atoms with E-state index in [4.69, 9.17) is 9.84 Å². The fourth-order valence-corrected chi connectivity index (χ4v) is 2.29. The molecular formula is C14H16N2O3S. The van der Waals surface area contributed by atoms with Crippen molar-refractivity contribution in [1.82, 2.24) is 9.36 Å². The van der Waals surface area contributed by atoms with Crippen molar-refractivity contribution in [2.75, 3.05) is 0 Å². The molecule has 0 aliphatic heterocycles. The van der Waals surface area contributed by atoms with Gasteiger partial charge >= 0.3 is 5.97 Å². The standard InChI is InChI=1S/C14H16N2O3S/c1-14(2,3)12-15-13(20-16-12)19-10-6-4-5-9(7-10)8-11(17)18/h4-7H,8H2,1-3H3,(H,17,18). The number of carboxylic acids is 1. The van der Waals surface area contributed by atoms with Gasteiger partial charge < -0.3 is 9.84 Å². The monoisotopic (exact) mass is 292 g/mol. The molecule has 2 rings (SSSR count). The lowest BCUT2D eigenvalue weighted by atomic mass is 9.96. The fourth-order valence-electron chi connectivity index (χ4n) is 1.55. The highest BCUT2D eigenvalue weighted by Crippen LogP contribution is 2.28. The number of aliphatic carboxylic acids is 1. The van der Waals surface area contributed by atoms with Gasteiger partial charge in [0.2, 0.25) is 0 Å². The van der Waals surface area contributed by atoms with Crippen LogP contribution in [0.5, 0.6) is 10.9 Å². The maximum atomic E-state index is 10.7. The molecule has 106 valence electrons. The van der Waals surface area contributed by atoms with Crippen LogP contribution in [0.3, 0.4) is 0 Å². The average Bonchev–Trinajstić information content (AvgIpc) is 2.76. The van der Waals surface area contributed by atoms with Crippen molar-refractivity contribution in [3.63, 3.8) is 0 Å². The van der Waals surface area contributed by atoms with E-state index in [1.54, 1.807) is 24.3 Å². The number of aromatic nitrogens is 2. The Morgan fingerprint density at radius 1 is 1.40 bits per heavy atom. The number of hydrogen-bond acceptors (Lipinski definition) is 5. The molecule has 2 aromatic rings. The Morgan fingerprint density at radius 2 is 2.15 bits per heavy atom. The fraction of sp³-hybridized carbons (Fsp3) is 0.357. The number of benzene rings is 1. The Bertz CT molecular complexity index is 617. The van der Waals surface area contributed by atoms with Gasteiger partial charge in [0.25, 0.3) is 5.19 Å². The van der Waals surface area contributed by atoms with Crippen LogP contribution in [0.25, 0.3) is 0 Å². The molecule has 1 aromatic carbocycles. The zero-order valence-electron chi connectivity index (χ0n) is 11.6. The summed E-state index contributed by atoms with van der Waals surface area (Å²) in [5.74, 6) is 0.438. The molecule has 1 aromatic heterocycles. The summed E-state index contributed by atoms with van der Waals surface area (Å²) >= 11 is 1.19. The van der Waals surface area contributed by atoms with Crippen molar-refractivity contribution in [3.8, 4) is 10.9 Å².